The Morgan fingerprint density at radius 3 is 2.83 bits per heavy atom. The number of aromatic nitrogens is 2. The van der Waals surface area contributed by atoms with Crippen molar-refractivity contribution in [2.24, 2.45) is 0 Å². The van der Waals surface area contributed by atoms with Crippen LogP contribution in [0.25, 0.3) is 26.4 Å². The van der Waals surface area contributed by atoms with Crippen LogP contribution in [-0.4, -0.2) is 52.5 Å². The molecule has 2 aromatic carbocycles. The van der Waals surface area contributed by atoms with Gasteiger partial charge in [-0.2, -0.15) is 0 Å². The second kappa shape index (κ2) is 10.8. The van der Waals surface area contributed by atoms with E-state index < -0.39 is 0 Å². The van der Waals surface area contributed by atoms with Crippen LogP contribution >= 0.6 is 11.3 Å². The van der Waals surface area contributed by atoms with E-state index in [1.165, 1.54) is 32.2 Å². The topological polar surface area (TPSA) is 58.9 Å². The Labute approximate surface area is 210 Å². The zero-order valence-electron chi connectivity index (χ0n) is 20.6. The fraction of sp³-hybridized carbons (Fsp3) is 0.429. The summed E-state index contributed by atoms with van der Waals surface area (Å²) in [4.78, 5) is 21.1. The van der Waals surface area contributed by atoms with Crippen molar-refractivity contribution in [3.8, 4) is 17.0 Å². The molecule has 6 nitrogen and oxygen atoms in total. The second-order valence-electron chi connectivity index (χ2n) is 9.22. The summed E-state index contributed by atoms with van der Waals surface area (Å²) < 4.78 is 8.71. The molecule has 1 fully saturated rings. The molecule has 2 aromatic heterocycles. The number of fused-ring (bicyclic) bond motifs is 3. The van der Waals surface area contributed by atoms with Crippen LogP contribution < -0.4 is 10.1 Å². The van der Waals surface area contributed by atoms with E-state index in [-0.39, 0.29) is 5.91 Å². The Bertz CT molecular complexity index is 1290. The van der Waals surface area contributed by atoms with Gasteiger partial charge in [0.25, 0.3) is 5.91 Å². The highest BCUT2D eigenvalue weighted by atomic mass is 32.1. The average Bonchev–Trinajstić information content (AvgIpc) is 3.45. The highest BCUT2D eigenvalue weighted by Gasteiger charge is 2.20. The third-order valence-electron chi connectivity index (χ3n) is 6.95. The number of benzene rings is 2. The van der Waals surface area contributed by atoms with Crippen molar-refractivity contribution in [2.45, 2.75) is 52.0 Å². The molecule has 1 atom stereocenters. The molecule has 0 aliphatic carbocycles. The molecule has 7 heteroatoms. The number of hydrogen-bond donors (Lipinski definition) is 1. The van der Waals surface area contributed by atoms with Gasteiger partial charge in [-0.1, -0.05) is 24.7 Å². The Morgan fingerprint density at radius 1 is 1.17 bits per heavy atom. The summed E-state index contributed by atoms with van der Waals surface area (Å²) >= 11 is 1.61. The number of piperidine rings is 1. The first-order chi connectivity index (χ1) is 17.2. The Hall–Kier alpha value is -2.90. The first-order valence-corrected chi connectivity index (χ1v) is 13.6. The molecule has 0 unspecified atom stereocenters. The molecule has 0 radical (unpaired) electrons. The number of amides is 1. The summed E-state index contributed by atoms with van der Waals surface area (Å²) in [6.45, 7) is 7.89. The van der Waals surface area contributed by atoms with Gasteiger partial charge in [0.05, 0.1) is 22.5 Å². The van der Waals surface area contributed by atoms with Gasteiger partial charge in [-0.3, -0.25) is 9.20 Å². The Kier molecular flexibility index (Phi) is 7.35. The number of thiazole rings is 1. The normalized spacial score (nSPS) is 16.7. The molecule has 35 heavy (non-hydrogen) atoms. The summed E-state index contributed by atoms with van der Waals surface area (Å²) in [5.74, 6) is 0.865. The van der Waals surface area contributed by atoms with Gasteiger partial charge in [0.2, 0.25) is 0 Å². The monoisotopic (exact) mass is 490 g/mol. The molecule has 1 saturated heterocycles. The van der Waals surface area contributed by atoms with Crippen molar-refractivity contribution in [1.82, 2.24) is 19.6 Å². The van der Waals surface area contributed by atoms with Crippen molar-refractivity contribution in [3.05, 3.63) is 54.2 Å². The van der Waals surface area contributed by atoms with Crippen LogP contribution in [0.5, 0.6) is 5.75 Å². The molecular formula is C28H34N4O2S. The molecule has 1 aliphatic heterocycles. The largest absolute Gasteiger partial charge is 0.494 e. The smallest absolute Gasteiger partial charge is 0.251 e. The zero-order chi connectivity index (χ0) is 24.2. The quantitative estimate of drug-likeness (QED) is 0.292. The Balaban J connectivity index is 1.22. The lowest BCUT2D eigenvalue weighted by Crippen LogP contribution is -2.40. The van der Waals surface area contributed by atoms with Gasteiger partial charge in [-0.15, -0.1) is 0 Å². The third-order valence-corrected chi connectivity index (χ3v) is 7.96. The molecule has 4 aromatic rings. The third kappa shape index (κ3) is 5.21. The maximum absolute atomic E-state index is 12.8. The molecule has 3 heterocycles. The van der Waals surface area contributed by atoms with E-state index >= 15 is 0 Å². The lowest BCUT2D eigenvalue weighted by molar-refractivity contribution is 0.0947. The number of hydrogen-bond acceptors (Lipinski definition) is 5. The maximum atomic E-state index is 12.8. The first kappa shape index (κ1) is 23.8. The summed E-state index contributed by atoms with van der Waals surface area (Å²) in [6, 6.07) is 14.7. The number of likely N-dealkylation sites (tertiary alicyclic amines) is 1. The van der Waals surface area contributed by atoms with Gasteiger partial charge >= 0.3 is 0 Å². The number of carbonyl (C=O) groups excluding carboxylic acids is 1. The fourth-order valence-electron chi connectivity index (χ4n) is 5.07. The van der Waals surface area contributed by atoms with Gasteiger partial charge < -0.3 is 15.0 Å². The van der Waals surface area contributed by atoms with Crippen molar-refractivity contribution >= 4 is 32.4 Å². The number of nitrogens with zero attached hydrogens (tertiary/aromatic N) is 3. The number of imidazole rings is 1. The zero-order valence-corrected chi connectivity index (χ0v) is 21.4. The predicted octanol–water partition coefficient (Wildman–Crippen LogP) is 6.00. The van der Waals surface area contributed by atoms with E-state index in [9.17, 15) is 4.79 Å². The fourth-order valence-corrected chi connectivity index (χ4v) is 6.12. The standard InChI is InChI=1S/C28H34N4O2S/c1-3-22-8-5-6-16-31(22)17-7-15-29-27(33)21-11-14-25-26(18-21)35-28-30-24(19-32(25)28)20-9-12-23(13-10-20)34-4-2/h9-14,18-19,22H,3-8,15-17H2,1-2H3,(H,29,33)/t22-/m1/s1. The minimum absolute atomic E-state index is 0.00120. The summed E-state index contributed by atoms with van der Waals surface area (Å²) in [5.41, 5.74) is 3.77. The van der Waals surface area contributed by atoms with Crippen LogP contribution in [0.1, 0.15) is 56.3 Å². The van der Waals surface area contributed by atoms with Gasteiger partial charge in [-0.25, -0.2) is 4.98 Å². The maximum Gasteiger partial charge on any atom is 0.251 e. The summed E-state index contributed by atoms with van der Waals surface area (Å²) in [5, 5.41) is 3.11. The minimum atomic E-state index is -0.00120. The summed E-state index contributed by atoms with van der Waals surface area (Å²) in [6.07, 6.45) is 8.24. The van der Waals surface area contributed by atoms with Crippen molar-refractivity contribution < 1.29 is 9.53 Å². The van der Waals surface area contributed by atoms with Crippen LogP contribution in [0.3, 0.4) is 0 Å². The lowest BCUT2D eigenvalue weighted by Gasteiger charge is -2.35. The molecule has 0 bridgehead atoms. The van der Waals surface area contributed by atoms with E-state index in [0.29, 0.717) is 18.7 Å². The van der Waals surface area contributed by atoms with Crippen LogP contribution in [0.2, 0.25) is 0 Å². The molecule has 0 saturated carbocycles. The number of carbonyl (C=O) groups is 1. The van der Waals surface area contributed by atoms with Crippen LogP contribution in [-0.2, 0) is 0 Å². The highest BCUT2D eigenvalue weighted by molar-refractivity contribution is 7.23. The van der Waals surface area contributed by atoms with Crippen LogP contribution in [0.15, 0.2) is 48.7 Å². The van der Waals surface area contributed by atoms with Crippen LogP contribution in [0.4, 0.5) is 0 Å². The molecule has 184 valence electrons. The van der Waals surface area contributed by atoms with Gasteiger partial charge in [0.15, 0.2) is 4.96 Å². The van der Waals surface area contributed by atoms with E-state index in [1.54, 1.807) is 11.3 Å². The highest BCUT2D eigenvalue weighted by Crippen LogP contribution is 2.30. The average molecular weight is 491 g/mol. The second-order valence-corrected chi connectivity index (χ2v) is 10.2. The predicted molar refractivity (Wildman–Crippen MR) is 144 cm³/mol. The van der Waals surface area contributed by atoms with E-state index in [4.69, 9.17) is 9.72 Å². The number of nitrogens with one attached hydrogen (secondary N) is 1. The number of rotatable bonds is 9. The molecule has 1 aliphatic rings. The first-order valence-electron chi connectivity index (χ1n) is 12.8. The van der Waals surface area contributed by atoms with E-state index in [1.807, 2.05) is 49.4 Å². The van der Waals surface area contributed by atoms with Crippen molar-refractivity contribution in [3.63, 3.8) is 0 Å². The van der Waals surface area contributed by atoms with E-state index in [0.717, 1.165) is 51.2 Å². The van der Waals surface area contributed by atoms with E-state index in [2.05, 4.69) is 27.7 Å². The summed E-state index contributed by atoms with van der Waals surface area (Å²) in [7, 11) is 0. The molecule has 5 rings (SSSR count). The van der Waals surface area contributed by atoms with Gasteiger partial charge in [0, 0.05) is 36.5 Å². The Morgan fingerprint density at radius 2 is 2.03 bits per heavy atom. The minimum Gasteiger partial charge on any atom is -0.494 e. The lowest BCUT2D eigenvalue weighted by atomic mass is 10.00. The van der Waals surface area contributed by atoms with Gasteiger partial charge in [0.1, 0.15) is 5.75 Å². The SMILES string of the molecule is CCOc1ccc(-c2cn3c(n2)sc2cc(C(=O)NCCCN4CCCC[C@H]4CC)ccc23)cc1. The molecular weight excluding hydrogens is 456 g/mol. The molecule has 1 amide bonds. The van der Waals surface area contributed by atoms with Crippen molar-refractivity contribution in [2.75, 3.05) is 26.2 Å². The number of ether oxygens (including phenoxy) is 1. The van der Waals surface area contributed by atoms with Crippen LogP contribution in [0, 0.1) is 0 Å². The molecule has 0 spiro atoms. The van der Waals surface area contributed by atoms with Crippen molar-refractivity contribution in [1.29, 1.82) is 0 Å². The van der Waals surface area contributed by atoms with Gasteiger partial charge in [-0.05, 0) is 81.6 Å². The molecule has 1 N–H and O–H groups in total.